The van der Waals surface area contributed by atoms with Gasteiger partial charge in [0.2, 0.25) is 11.8 Å². The second-order valence-corrected chi connectivity index (χ2v) is 9.43. The van der Waals surface area contributed by atoms with Gasteiger partial charge < -0.3 is 4.90 Å². The molecule has 1 aromatic heterocycles. The van der Waals surface area contributed by atoms with Gasteiger partial charge in [-0.25, -0.2) is 4.90 Å². The Morgan fingerprint density at radius 1 is 0.895 bits per heavy atom. The number of nitro groups is 1. The second kappa shape index (κ2) is 7.90. The van der Waals surface area contributed by atoms with Crippen molar-refractivity contribution in [2.24, 2.45) is 11.8 Å². The molecule has 4 aromatic rings. The minimum Gasteiger partial charge on any atom is -0.351 e. The molecule has 0 bridgehead atoms. The predicted octanol–water partition coefficient (Wildman–Crippen LogP) is 3.07. The number of hydrogen-bond acceptors (Lipinski definition) is 8. The monoisotopic (exact) mass is 506 g/mol. The van der Waals surface area contributed by atoms with Crippen LogP contribution in [0.3, 0.4) is 0 Å². The van der Waals surface area contributed by atoms with Crippen molar-refractivity contribution in [1.82, 2.24) is 15.0 Å². The standard InChI is InChI=1S/C27H18N6O5/c34-25-22-21-14-9-15-5-1-3-7-19(15)31(21)24(27(36)32-20-8-4-2-6-18(20)28-29-32)23(22)26(35)30(25)16-10-12-17(13-11-16)33(37)38/h1-14,21-24H/t21-,22-,23-,24+/m0/s1. The Kier molecular flexibility index (Phi) is 4.58. The van der Waals surface area contributed by atoms with Gasteiger partial charge in [-0.2, -0.15) is 4.68 Å². The van der Waals surface area contributed by atoms with E-state index in [1.54, 1.807) is 24.3 Å². The molecule has 0 aliphatic carbocycles. The van der Waals surface area contributed by atoms with Gasteiger partial charge >= 0.3 is 0 Å². The van der Waals surface area contributed by atoms with Gasteiger partial charge in [0.25, 0.3) is 11.6 Å². The summed E-state index contributed by atoms with van der Waals surface area (Å²) >= 11 is 0. The first kappa shape index (κ1) is 22.0. The number of amides is 2. The molecular formula is C27H18N6O5. The van der Waals surface area contributed by atoms with Crippen LogP contribution in [0.1, 0.15) is 10.4 Å². The fourth-order valence-electron chi connectivity index (χ4n) is 5.93. The highest BCUT2D eigenvalue weighted by Gasteiger charge is 2.64. The van der Waals surface area contributed by atoms with E-state index in [0.717, 1.165) is 16.2 Å². The van der Waals surface area contributed by atoms with E-state index in [4.69, 9.17) is 0 Å². The van der Waals surface area contributed by atoms with E-state index in [1.807, 2.05) is 41.3 Å². The van der Waals surface area contributed by atoms with Crippen LogP contribution in [0, 0.1) is 22.0 Å². The molecule has 2 fully saturated rings. The van der Waals surface area contributed by atoms with Crippen molar-refractivity contribution in [2.45, 2.75) is 12.1 Å². The highest BCUT2D eigenvalue weighted by molar-refractivity contribution is 6.25. The molecule has 11 heteroatoms. The minimum atomic E-state index is -1.03. The predicted molar refractivity (Wildman–Crippen MR) is 136 cm³/mol. The second-order valence-electron chi connectivity index (χ2n) is 9.43. The molecule has 4 atom stereocenters. The third kappa shape index (κ3) is 2.92. The highest BCUT2D eigenvalue weighted by Crippen LogP contribution is 2.49. The third-order valence-corrected chi connectivity index (χ3v) is 7.55. The summed E-state index contributed by atoms with van der Waals surface area (Å²) in [7, 11) is 0. The van der Waals surface area contributed by atoms with Gasteiger partial charge in [-0.15, -0.1) is 5.10 Å². The smallest absolute Gasteiger partial charge is 0.272 e. The number of nitro benzene ring substituents is 1. The maximum absolute atomic E-state index is 14.2. The summed E-state index contributed by atoms with van der Waals surface area (Å²) in [5.41, 5.74) is 2.73. The van der Waals surface area contributed by atoms with Gasteiger partial charge in [0.05, 0.1) is 34.0 Å². The third-order valence-electron chi connectivity index (χ3n) is 7.55. The number of nitrogens with zero attached hydrogens (tertiary/aromatic N) is 6. The minimum absolute atomic E-state index is 0.155. The number of imide groups is 1. The maximum atomic E-state index is 14.2. The molecule has 0 N–H and O–H groups in total. The van der Waals surface area contributed by atoms with Crippen molar-refractivity contribution < 1.29 is 19.3 Å². The molecule has 0 spiro atoms. The molecule has 11 nitrogen and oxygen atoms in total. The van der Waals surface area contributed by atoms with E-state index in [-0.39, 0.29) is 11.4 Å². The summed E-state index contributed by atoms with van der Waals surface area (Å²) < 4.78 is 1.20. The maximum Gasteiger partial charge on any atom is 0.272 e. The topological polar surface area (TPSA) is 132 Å². The first-order valence-corrected chi connectivity index (χ1v) is 12.0. The van der Waals surface area contributed by atoms with E-state index in [2.05, 4.69) is 10.3 Å². The van der Waals surface area contributed by atoms with E-state index in [1.165, 1.54) is 28.9 Å². The molecular weight excluding hydrogens is 488 g/mol. The summed E-state index contributed by atoms with van der Waals surface area (Å²) in [5, 5.41) is 19.3. The number of aromatic nitrogens is 3. The lowest BCUT2D eigenvalue weighted by atomic mass is 9.88. The Morgan fingerprint density at radius 2 is 1.61 bits per heavy atom. The highest BCUT2D eigenvalue weighted by atomic mass is 16.6. The Morgan fingerprint density at radius 3 is 2.39 bits per heavy atom. The molecule has 3 aromatic carbocycles. The molecule has 2 amide bonds. The Balaban J connectivity index is 1.37. The van der Waals surface area contributed by atoms with Crippen LogP contribution in [-0.2, 0) is 9.59 Å². The lowest BCUT2D eigenvalue weighted by Crippen LogP contribution is -2.50. The van der Waals surface area contributed by atoms with Crippen LogP contribution in [-0.4, -0.2) is 49.7 Å². The number of carbonyl (C=O) groups excluding carboxylic acids is 3. The Bertz CT molecular complexity index is 1710. The quantitative estimate of drug-likeness (QED) is 0.235. The molecule has 3 aliphatic heterocycles. The van der Waals surface area contributed by atoms with Crippen molar-refractivity contribution in [2.75, 3.05) is 9.80 Å². The van der Waals surface area contributed by atoms with Gasteiger partial charge in [0, 0.05) is 17.8 Å². The van der Waals surface area contributed by atoms with E-state index in [9.17, 15) is 24.5 Å². The number of non-ortho nitro benzene ring substituents is 1. The SMILES string of the molecule is O=C1[C@@H]2[C@H](C(=O)N1c1ccc([N+](=O)[O-])cc1)[C@H](C(=O)n1nnc3ccccc31)N1c3ccccc3C=C[C@@H]21. The zero-order valence-corrected chi connectivity index (χ0v) is 19.6. The van der Waals surface area contributed by atoms with Crippen molar-refractivity contribution in [3.63, 3.8) is 0 Å². The van der Waals surface area contributed by atoms with Crippen molar-refractivity contribution in [1.29, 1.82) is 0 Å². The molecule has 38 heavy (non-hydrogen) atoms. The van der Waals surface area contributed by atoms with E-state index >= 15 is 0 Å². The average Bonchev–Trinajstić information content (AvgIpc) is 3.59. The van der Waals surface area contributed by atoms with Crippen LogP contribution in [0.15, 0.2) is 78.9 Å². The van der Waals surface area contributed by atoms with Crippen molar-refractivity contribution in [3.05, 3.63) is 94.6 Å². The molecule has 7 rings (SSSR count). The summed E-state index contributed by atoms with van der Waals surface area (Å²) in [6, 6.07) is 18.2. The largest absolute Gasteiger partial charge is 0.351 e. The van der Waals surface area contributed by atoms with Gasteiger partial charge in [-0.05, 0) is 35.9 Å². The van der Waals surface area contributed by atoms with Gasteiger partial charge in [0.1, 0.15) is 11.6 Å². The zero-order chi connectivity index (χ0) is 26.1. The molecule has 0 saturated carbocycles. The van der Waals surface area contributed by atoms with Crippen LogP contribution in [0.25, 0.3) is 17.1 Å². The van der Waals surface area contributed by atoms with Crippen molar-refractivity contribution in [3.8, 4) is 0 Å². The normalized spacial score (nSPS) is 23.5. The number of carbonyl (C=O) groups is 3. The molecule has 186 valence electrons. The number of rotatable bonds is 3. The fourth-order valence-corrected chi connectivity index (χ4v) is 5.93. The van der Waals surface area contributed by atoms with Crippen LogP contribution >= 0.6 is 0 Å². The lowest BCUT2D eigenvalue weighted by molar-refractivity contribution is -0.384. The molecule has 0 radical (unpaired) electrons. The number of para-hydroxylation sites is 2. The summed E-state index contributed by atoms with van der Waals surface area (Å²) in [6.07, 6.45) is 3.76. The van der Waals surface area contributed by atoms with Gasteiger partial charge in [-0.1, -0.05) is 47.7 Å². The first-order valence-electron chi connectivity index (χ1n) is 12.0. The van der Waals surface area contributed by atoms with Gasteiger partial charge in [-0.3, -0.25) is 24.5 Å². The zero-order valence-electron chi connectivity index (χ0n) is 19.6. The molecule has 3 aliphatic rings. The number of benzene rings is 3. The summed E-state index contributed by atoms with van der Waals surface area (Å²) in [5.74, 6) is -3.27. The summed E-state index contributed by atoms with van der Waals surface area (Å²) in [6.45, 7) is 0. The number of anilines is 2. The van der Waals surface area contributed by atoms with Crippen LogP contribution < -0.4 is 9.80 Å². The average molecular weight is 506 g/mol. The van der Waals surface area contributed by atoms with Crippen LogP contribution in [0.5, 0.6) is 0 Å². The van der Waals surface area contributed by atoms with Gasteiger partial charge in [0.15, 0.2) is 0 Å². The van der Waals surface area contributed by atoms with Crippen LogP contribution in [0.2, 0.25) is 0 Å². The van der Waals surface area contributed by atoms with E-state index < -0.39 is 46.6 Å². The molecule has 2 saturated heterocycles. The lowest BCUT2D eigenvalue weighted by Gasteiger charge is -2.36. The summed E-state index contributed by atoms with van der Waals surface area (Å²) in [4.78, 5) is 55.4. The number of fused-ring (bicyclic) bond motifs is 6. The van der Waals surface area contributed by atoms with Crippen LogP contribution in [0.4, 0.5) is 17.1 Å². The molecule has 0 unspecified atom stereocenters. The number of hydrogen-bond donors (Lipinski definition) is 0. The van der Waals surface area contributed by atoms with Crippen molar-refractivity contribution >= 4 is 51.9 Å². The Hall–Kier alpha value is -5.19. The molecule has 4 heterocycles. The van der Waals surface area contributed by atoms with E-state index in [0.29, 0.717) is 11.0 Å². The first-order chi connectivity index (χ1) is 18.5. The fraction of sp³-hybridized carbons (Fsp3) is 0.148. The Labute approximate surface area is 214 Å².